The monoisotopic (exact) mass is 940 g/mol. The number of H-pyrrole nitrogens is 1. The fourth-order valence-corrected chi connectivity index (χ4v) is 10.8. The van der Waals surface area contributed by atoms with Crippen LogP contribution in [-0.4, -0.2) is 130 Å². The minimum atomic E-state index is -0.893. The minimum Gasteiger partial charge on any atom is -0.444 e. The number of ether oxygens (including phenoxy) is 3. The molecule has 0 spiro atoms. The van der Waals surface area contributed by atoms with E-state index in [2.05, 4.69) is 15.6 Å². The highest BCUT2D eigenvalue weighted by Crippen LogP contribution is 2.43. The number of hydrogen-bond acceptors (Lipinski definition) is 9. The highest BCUT2D eigenvalue weighted by Gasteiger charge is 2.53. The molecule has 2 bridgehead atoms. The molecule has 0 unspecified atom stereocenters. The summed E-state index contributed by atoms with van der Waals surface area (Å²) in [5.41, 5.74) is 2.16. The van der Waals surface area contributed by atoms with Crippen LogP contribution in [0.25, 0.3) is 11.3 Å². The van der Waals surface area contributed by atoms with Gasteiger partial charge >= 0.3 is 6.09 Å². The van der Waals surface area contributed by atoms with Gasteiger partial charge < -0.3 is 39.6 Å². The zero-order valence-electron chi connectivity index (χ0n) is 42.2. The number of aromatic nitrogens is 2. The highest BCUT2D eigenvalue weighted by atomic mass is 16.6. The quantitative estimate of drug-likeness (QED) is 0.105. The Bertz CT molecular complexity index is 2160. The van der Waals surface area contributed by atoms with Gasteiger partial charge in [0.05, 0.1) is 54.6 Å². The average molecular weight is 940 g/mol. The van der Waals surface area contributed by atoms with Crippen molar-refractivity contribution in [2.24, 2.45) is 23.7 Å². The second-order valence-corrected chi connectivity index (χ2v) is 20.7. The van der Waals surface area contributed by atoms with Crippen LogP contribution in [0.3, 0.4) is 0 Å². The lowest BCUT2D eigenvalue weighted by molar-refractivity contribution is -0.148. The normalized spacial score (nSPS) is 22.2. The lowest BCUT2D eigenvalue weighted by Gasteiger charge is -2.41. The van der Waals surface area contributed by atoms with Crippen LogP contribution in [-0.2, 0) is 39.8 Å². The molecule has 372 valence electrons. The number of likely N-dealkylation sites (N-methyl/N-ethyl adjacent to an activating group) is 1. The number of nitrogens with zero attached hydrogens (tertiary/aromatic N) is 4. The Morgan fingerprint density at radius 2 is 1.59 bits per heavy atom. The van der Waals surface area contributed by atoms with Crippen molar-refractivity contribution in [1.29, 1.82) is 0 Å². The van der Waals surface area contributed by atoms with E-state index in [-0.39, 0.29) is 59.9 Å². The first-order valence-electron chi connectivity index (χ1n) is 24.7. The van der Waals surface area contributed by atoms with E-state index < -0.39 is 54.0 Å². The van der Waals surface area contributed by atoms with E-state index in [0.717, 1.165) is 42.5 Å². The van der Waals surface area contributed by atoms with Crippen molar-refractivity contribution in [2.75, 3.05) is 27.8 Å². The van der Waals surface area contributed by atoms with Gasteiger partial charge in [0, 0.05) is 33.9 Å². The Kier molecular flexibility index (Phi) is 17.5. The molecule has 6 rings (SSSR count). The molecule has 68 heavy (non-hydrogen) atoms. The number of hydrogen-bond donors (Lipinski definition) is 3. The number of likely N-dealkylation sites (tertiary alicyclic amines) is 2. The minimum absolute atomic E-state index is 0.00722. The Hall–Kier alpha value is -5.28. The van der Waals surface area contributed by atoms with Gasteiger partial charge in [-0.15, -0.1) is 0 Å². The van der Waals surface area contributed by atoms with E-state index in [4.69, 9.17) is 19.2 Å². The number of fused-ring (bicyclic) bond motifs is 2. The first kappa shape index (κ1) is 52.1. The van der Waals surface area contributed by atoms with Gasteiger partial charge in [-0.25, -0.2) is 9.78 Å². The van der Waals surface area contributed by atoms with Crippen molar-refractivity contribution in [3.63, 3.8) is 0 Å². The van der Waals surface area contributed by atoms with Gasteiger partial charge in [-0.3, -0.25) is 24.1 Å². The molecule has 3 N–H and O–H groups in total. The van der Waals surface area contributed by atoms with Gasteiger partial charge in [0.15, 0.2) is 0 Å². The Balaban J connectivity index is 1.15. The van der Waals surface area contributed by atoms with Gasteiger partial charge in [-0.1, -0.05) is 102 Å². The molecule has 2 saturated heterocycles. The van der Waals surface area contributed by atoms with Crippen LogP contribution in [0.5, 0.6) is 0 Å². The van der Waals surface area contributed by atoms with E-state index in [1.54, 1.807) is 37.3 Å². The summed E-state index contributed by atoms with van der Waals surface area (Å²) in [5.74, 6) is -1.39. The predicted molar refractivity (Wildman–Crippen MR) is 261 cm³/mol. The van der Waals surface area contributed by atoms with Gasteiger partial charge in [-0.2, -0.15) is 0 Å². The van der Waals surface area contributed by atoms with Crippen molar-refractivity contribution < 1.29 is 38.2 Å². The van der Waals surface area contributed by atoms with Crippen LogP contribution in [0.4, 0.5) is 4.79 Å². The number of benzene rings is 2. The van der Waals surface area contributed by atoms with E-state index in [1.807, 2.05) is 121 Å². The number of methoxy groups -OCH3 is 2. The topological polar surface area (TPSA) is 175 Å². The molecule has 5 amide bonds. The van der Waals surface area contributed by atoms with Crippen LogP contribution in [0.1, 0.15) is 118 Å². The molecule has 3 aromatic rings. The van der Waals surface area contributed by atoms with E-state index >= 15 is 0 Å². The summed E-state index contributed by atoms with van der Waals surface area (Å²) >= 11 is 0. The molecule has 1 aliphatic carbocycles. The van der Waals surface area contributed by atoms with E-state index in [9.17, 15) is 24.0 Å². The molecular weight excluding hydrogens is 863 g/mol. The zero-order valence-corrected chi connectivity index (χ0v) is 42.2. The third-order valence-corrected chi connectivity index (χ3v) is 14.6. The summed E-state index contributed by atoms with van der Waals surface area (Å²) in [4.78, 5) is 84.4. The van der Waals surface area contributed by atoms with Gasteiger partial charge in [0.1, 0.15) is 23.5 Å². The number of piperidine rings is 1. The Labute approximate surface area is 403 Å². The van der Waals surface area contributed by atoms with Crippen molar-refractivity contribution >= 4 is 29.7 Å². The summed E-state index contributed by atoms with van der Waals surface area (Å²) in [5, 5.41) is 6.33. The van der Waals surface area contributed by atoms with Gasteiger partial charge in [0.25, 0.3) is 0 Å². The summed E-state index contributed by atoms with van der Waals surface area (Å²) in [6, 6.07) is 16.8. The number of rotatable bonds is 20. The second-order valence-electron chi connectivity index (χ2n) is 20.7. The molecule has 2 aromatic carbocycles. The first-order valence-corrected chi connectivity index (χ1v) is 24.7. The lowest BCUT2D eigenvalue weighted by atomic mass is 9.89. The van der Waals surface area contributed by atoms with Crippen LogP contribution in [0.15, 0.2) is 66.9 Å². The average Bonchev–Trinajstić information content (AvgIpc) is 4.16. The molecule has 0 radical (unpaired) electrons. The molecule has 2 aliphatic heterocycles. The Morgan fingerprint density at radius 3 is 2.21 bits per heavy atom. The molecule has 3 aliphatic rings. The largest absolute Gasteiger partial charge is 0.444 e. The van der Waals surface area contributed by atoms with Gasteiger partial charge in [-0.05, 0) is 88.2 Å². The highest BCUT2D eigenvalue weighted by molar-refractivity contribution is 5.92. The smallest absolute Gasteiger partial charge is 0.411 e. The number of carbonyl (C=O) groups is 5. The van der Waals surface area contributed by atoms with Gasteiger partial charge in [0.2, 0.25) is 23.6 Å². The maximum Gasteiger partial charge on any atom is 0.411 e. The fourth-order valence-electron chi connectivity index (χ4n) is 10.8. The molecule has 1 saturated carbocycles. The Morgan fingerprint density at radius 1 is 0.912 bits per heavy atom. The summed E-state index contributed by atoms with van der Waals surface area (Å²) in [6.07, 6.45) is 4.95. The fraction of sp³-hybridized carbons (Fsp3) is 0.623. The van der Waals surface area contributed by atoms with Crippen molar-refractivity contribution in [1.82, 2.24) is 35.3 Å². The molecule has 3 fully saturated rings. The molecule has 3 heterocycles. The second kappa shape index (κ2) is 22.9. The van der Waals surface area contributed by atoms with E-state index in [0.29, 0.717) is 31.6 Å². The van der Waals surface area contributed by atoms with Crippen LogP contribution in [0.2, 0.25) is 0 Å². The number of imidazole rings is 1. The predicted octanol–water partition coefficient (Wildman–Crippen LogP) is 7.33. The summed E-state index contributed by atoms with van der Waals surface area (Å²) in [6.45, 7) is 15.6. The molecular formula is C53H77N7O8. The molecule has 15 nitrogen and oxygen atoms in total. The van der Waals surface area contributed by atoms with Crippen LogP contribution < -0.4 is 10.6 Å². The summed E-state index contributed by atoms with van der Waals surface area (Å²) < 4.78 is 18.0. The standard InChI is InChI=1S/C53H77N7O8/c1-12-33(4)45(58(9)51(64)44(32(2)3)57-50(63)46-37-25-26-38(29-37)60(46)52(65)68-53(6,7)8)42(66-10)30-43(61)59-27-19-24-41(59)47(67-11)34(5)49(62)56-39(28-35-20-15-13-16-21-35)48-54-31-40(55-48)36-22-17-14-18-23-36/h13-18,20-23,31-34,37-39,41-42,44-47H,12,19,24-30H2,1-11H3,(H,54,55)(H,56,62)(H,57,63)/t33-,34+,37-,38+,39-,41-,42+,44-,45-,46-,47+/m0/s1. The maximum atomic E-state index is 14.7. The van der Waals surface area contributed by atoms with Crippen molar-refractivity contribution in [3.05, 3.63) is 78.2 Å². The first-order chi connectivity index (χ1) is 32.4. The molecule has 15 heteroatoms. The molecule has 11 atom stereocenters. The van der Waals surface area contributed by atoms with E-state index in [1.165, 1.54) is 0 Å². The SMILES string of the molecule is CC[C@H](C)[C@@H]([C@@H](CC(=O)N1CCC[C@H]1[C@H](OC)[C@@H](C)C(=O)N[C@@H](Cc1ccccc1)c1ncc(-c2ccccc2)[nH]1)OC)N(C)C(=O)[C@@H](NC(=O)[C@@H]1[C@H]2CC[C@H](C2)N1C(=O)OC(C)(C)C)C(C)C. The maximum absolute atomic E-state index is 14.7. The zero-order chi connectivity index (χ0) is 49.4. The number of amides is 5. The number of nitrogens with one attached hydrogen (secondary N) is 3. The third-order valence-electron chi connectivity index (χ3n) is 14.6. The third kappa shape index (κ3) is 12.1. The van der Waals surface area contributed by atoms with Crippen LogP contribution >= 0.6 is 0 Å². The lowest BCUT2D eigenvalue weighted by Crippen LogP contribution is -2.61. The number of carbonyl (C=O) groups excluding carboxylic acids is 5. The number of aromatic amines is 1. The summed E-state index contributed by atoms with van der Waals surface area (Å²) in [7, 11) is 4.87. The van der Waals surface area contributed by atoms with Crippen molar-refractivity contribution in [3.8, 4) is 11.3 Å². The van der Waals surface area contributed by atoms with Crippen LogP contribution in [0, 0.1) is 23.7 Å². The molecule has 1 aromatic heterocycles. The van der Waals surface area contributed by atoms with Crippen molar-refractivity contribution in [2.45, 2.75) is 161 Å².